The number of benzene rings is 2. The van der Waals surface area contributed by atoms with Crippen molar-refractivity contribution in [2.45, 2.75) is 12.6 Å². The fourth-order valence-electron chi connectivity index (χ4n) is 2.90. The first-order valence-electron chi connectivity index (χ1n) is 8.92. The zero-order chi connectivity index (χ0) is 22.6. The van der Waals surface area contributed by atoms with Crippen LogP contribution in [0, 0.1) is 17.1 Å². The predicted octanol–water partition coefficient (Wildman–Crippen LogP) is 5.10. The second-order valence-electron chi connectivity index (χ2n) is 6.43. The van der Waals surface area contributed by atoms with Gasteiger partial charge in [0, 0.05) is 18.2 Å². The largest absolute Gasteiger partial charge is 0.492 e. The zero-order valence-corrected chi connectivity index (χ0v) is 15.8. The number of hydrogen-bond acceptors (Lipinski definition) is 4. The fourth-order valence-corrected chi connectivity index (χ4v) is 2.90. The van der Waals surface area contributed by atoms with Crippen LogP contribution in [-0.4, -0.2) is 22.7 Å². The molecule has 0 bridgehead atoms. The summed E-state index contributed by atoms with van der Waals surface area (Å²) in [7, 11) is 0. The lowest BCUT2D eigenvalue weighted by molar-refractivity contribution is -0.137. The molecule has 3 aromatic rings. The summed E-state index contributed by atoms with van der Waals surface area (Å²) in [5, 5.41) is 18.7. The molecule has 0 spiro atoms. The van der Waals surface area contributed by atoms with Crippen LogP contribution in [0.4, 0.5) is 17.6 Å². The Morgan fingerprint density at radius 1 is 1.16 bits per heavy atom. The third kappa shape index (κ3) is 4.98. The third-order valence-corrected chi connectivity index (χ3v) is 4.42. The van der Waals surface area contributed by atoms with Crippen LogP contribution in [0.1, 0.15) is 27.0 Å². The van der Waals surface area contributed by atoms with E-state index in [1.807, 2.05) is 6.07 Å². The Hall–Kier alpha value is -3.93. The lowest BCUT2D eigenvalue weighted by Crippen LogP contribution is -2.08. The molecule has 2 aromatic carbocycles. The maximum absolute atomic E-state index is 13.9. The minimum absolute atomic E-state index is 0.0139. The van der Waals surface area contributed by atoms with Gasteiger partial charge in [0.1, 0.15) is 17.6 Å². The standard InChI is InChI=1S/C22H14F4N2O3/c23-18-11-16(22(24,25)26)5-3-13(18)7-9-31-19-6-4-14(10-15(19)12-27)20-17(21(29)30)2-1-8-28-20/h1-6,8,10-11H,7,9H2,(H,29,30). The maximum Gasteiger partial charge on any atom is 0.416 e. The Bertz CT molecular complexity index is 1170. The number of rotatable bonds is 6. The molecule has 1 aromatic heterocycles. The van der Waals surface area contributed by atoms with E-state index >= 15 is 0 Å². The Kier molecular flexibility index (Phi) is 6.20. The number of aromatic carboxylic acids is 1. The van der Waals surface area contributed by atoms with Crippen molar-refractivity contribution < 1.29 is 32.2 Å². The van der Waals surface area contributed by atoms with E-state index in [0.29, 0.717) is 11.6 Å². The van der Waals surface area contributed by atoms with Gasteiger partial charge in [-0.25, -0.2) is 9.18 Å². The van der Waals surface area contributed by atoms with Crippen LogP contribution in [0.3, 0.4) is 0 Å². The molecule has 0 aliphatic heterocycles. The highest BCUT2D eigenvalue weighted by atomic mass is 19.4. The smallest absolute Gasteiger partial charge is 0.416 e. The van der Waals surface area contributed by atoms with E-state index in [1.165, 1.54) is 36.5 Å². The van der Waals surface area contributed by atoms with E-state index < -0.39 is 23.5 Å². The van der Waals surface area contributed by atoms with Crippen molar-refractivity contribution in [2.75, 3.05) is 6.61 Å². The summed E-state index contributed by atoms with van der Waals surface area (Å²) in [6.45, 7) is -0.0831. The number of carbonyl (C=O) groups is 1. The number of pyridine rings is 1. The Morgan fingerprint density at radius 2 is 1.94 bits per heavy atom. The van der Waals surface area contributed by atoms with Gasteiger partial charge < -0.3 is 9.84 Å². The van der Waals surface area contributed by atoms with Gasteiger partial charge in [0.15, 0.2) is 0 Å². The van der Waals surface area contributed by atoms with Crippen molar-refractivity contribution in [1.82, 2.24) is 4.98 Å². The van der Waals surface area contributed by atoms with Gasteiger partial charge in [-0.15, -0.1) is 0 Å². The van der Waals surface area contributed by atoms with Crippen molar-refractivity contribution in [3.63, 3.8) is 0 Å². The van der Waals surface area contributed by atoms with Gasteiger partial charge in [0.25, 0.3) is 0 Å². The number of halogens is 4. The second-order valence-corrected chi connectivity index (χ2v) is 6.43. The highest BCUT2D eigenvalue weighted by molar-refractivity contribution is 5.94. The SMILES string of the molecule is N#Cc1cc(-c2ncccc2C(=O)O)ccc1OCCc1ccc(C(F)(F)F)cc1F. The molecule has 0 atom stereocenters. The molecule has 0 saturated heterocycles. The Balaban J connectivity index is 1.75. The maximum atomic E-state index is 13.9. The lowest BCUT2D eigenvalue weighted by Gasteiger charge is -2.12. The van der Waals surface area contributed by atoms with Gasteiger partial charge in [-0.2, -0.15) is 18.4 Å². The molecule has 0 radical (unpaired) electrons. The van der Waals surface area contributed by atoms with Gasteiger partial charge in [0.05, 0.1) is 29.0 Å². The summed E-state index contributed by atoms with van der Waals surface area (Å²) in [6.07, 6.45) is -3.22. The third-order valence-electron chi connectivity index (χ3n) is 4.42. The second kappa shape index (κ2) is 8.83. The Morgan fingerprint density at radius 3 is 2.58 bits per heavy atom. The number of alkyl halides is 3. The van der Waals surface area contributed by atoms with E-state index in [1.54, 1.807) is 0 Å². The molecule has 0 fully saturated rings. The van der Waals surface area contributed by atoms with Crippen LogP contribution in [0.25, 0.3) is 11.3 Å². The van der Waals surface area contributed by atoms with Gasteiger partial charge in [-0.05, 0) is 48.0 Å². The lowest BCUT2D eigenvalue weighted by atomic mass is 10.0. The van der Waals surface area contributed by atoms with Crippen LogP contribution in [0.5, 0.6) is 5.75 Å². The number of nitriles is 1. The molecule has 0 amide bonds. The van der Waals surface area contributed by atoms with Gasteiger partial charge in [0.2, 0.25) is 0 Å². The summed E-state index contributed by atoms with van der Waals surface area (Å²) in [5.74, 6) is -1.99. The van der Waals surface area contributed by atoms with Crippen LogP contribution in [0.15, 0.2) is 54.7 Å². The molecule has 1 heterocycles. The molecule has 5 nitrogen and oxygen atoms in total. The first-order chi connectivity index (χ1) is 14.7. The molecule has 0 unspecified atom stereocenters. The van der Waals surface area contributed by atoms with Gasteiger partial charge in [-0.3, -0.25) is 4.98 Å². The van der Waals surface area contributed by atoms with Crippen molar-refractivity contribution in [3.8, 4) is 23.1 Å². The van der Waals surface area contributed by atoms with E-state index in [2.05, 4.69) is 4.98 Å². The van der Waals surface area contributed by atoms with Crippen molar-refractivity contribution in [2.24, 2.45) is 0 Å². The predicted molar refractivity (Wildman–Crippen MR) is 102 cm³/mol. The molecular formula is C22H14F4N2O3. The molecule has 1 N–H and O–H groups in total. The van der Waals surface area contributed by atoms with E-state index in [-0.39, 0.29) is 41.2 Å². The molecule has 9 heteroatoms. The number of carboxylic acids is 1. The van der Waals surface area contributed by atoms with E-state index in [0.717, 1.165) is 12.1 Å². The van der Waals surface area contributed by atoms with Crippen LogP contribution in [-0.2, 0) is 12.6 Å². The number of nitrogens with zero attached hydrogens (tertiary/aromatic N) is 2. The van der Waals surface area contributed by atoms with Crippen LogP contribution >= 0.6 is 0 Å². The topological polar surface area (TPSA) is 83.2 Å². The van der Waals surface area contributed by atoms with E-state index in [4.69, 9.17) is 4.74 Å². The molecular weight excluding hydrogens is 416 g/mol. The van der Waals surface area contributed by atoms with Crippen molar-refractivity contribution >= 4 is 5.97 Å². The monoisotopic (exact) mass is 430 g/mol. The zero-order valence-electron chi connectivity index (χ0n) is 15.8. The molecule has 3 rings (SSSR count). The Labute approximate surface area is 174 Å². The number of aromatic nitrogens is 1. The highest BCUT2D eigenvalue weighted by Gasteiger charge is 2.31. The van der Waals surface area contributed by atoms with Gasteiger partial charge in [-0.1, -0.05) is 6.07 Å². The molecule has 0 aliphatic rings. The first-order valence-corrected chi connectivity index (χ1v) is 8.92. The average Bonchev–Trinajstić information content (AvgIpc) is 2.74. The molecule has 0 aliphatic carbocycles. The first kappa shape index (κ1) is 21.8. The quantitative estimate of drug-likeness (QED) is 0.551. The van der Waals surface area contributed by atoms with Crippen molar-refractivity contribution in [1.29, 1.82) is 5.26 Å². The summed E-state index contributed by atoms with van der Waals surface area (Å²) < 4.78 is 57.3. The number of hydrogen-bond donors (Lipinski definition) is 1. The minimum atomic E-state index is -4.63. The van der Waals surface area contributed by atoms with Crippen LogP contribution in [0.2, 0.25) is 0 Å². The average molecular weight is 430 g/mol. The number of carboxylic acid groups (broad SMARTS) is 1. The minimum Gasteiger partial charge on any atom is -0.492 e. The summed E-state index contributed by atoms with van der Waals surface area (Å²) in [5.41, 5.74) is -0.374. The highest BCUT2D eigenvalue weighted by Crippen LogP contribution is 2.31. The molecule has 158 valence electrons. The molecule has 31 heavy (non-hydrogen) atoms. The molecule has 0 saturated carbocycles. The summed E-state index contributed by atoms with van der Waals surface area (Å²) in [4.78, 5) is 15.4. The van der Waals surface area contributed by atoms with Crippen molar-refractivity contribution in [3.05, 3.63) is 82.8 Å². The van der Waals surface area contributed by atoms with E-state index in [9.17, 15) is 32.7 Å². The number of ether oxygens (including phenoxy) is 1. The summed E-state index contributed by atoms with van der Waals surface area (Å²) in [6, 6.07) is 11.5. The normalized spacial score (nSPS) is 11.1. The summed E-state index contributed by atoms with van der Waals surface area (Å²) >= 11 is 0. The van der Waals surface area contributed by atoms with Gasteiger partial charge >= 0.3 is 12.1 Å². The fraction of sp³-hybridized carbons (Fsp3) is 0.136. The van der Waals surface area contributed by atoms with Crippen LogP contribution < -0.4 is 4.74 Å².